The Balaban J connectivity index is 2.82. The molecule has 0 unspecified atom stereocenters. The first-order valence-electron chi connectivity index (χ1n) is 4.89. The van der Waals surface area contributed by atoms with E-state index in [0.29, 0.717) is 6.61 Å². The van der Waals surface area contributed by atoms with Gasteiger partial charge in [-0.05, 0) is 31.0 Å². The van der Waals surface area contributed by atoms with Gasteiger partial charge in [-0.1, -0.05) is 28.9 Å². The molecule has 0 radical (unpaired) electrons. The smallest absolute Gasteiger partial charge is 0.411 e. The van der Waals surface area contributed by atoms with Gasteiger partial charge in [0.1, 0.15) is 0 Å². The van der Waals surface area contributed by atoms with Crippen LogP contribution in [-0.2, 0) is 11.2 Å². The van der Waals surface area contributed by atoms with Crippen molar-refractivity contribution in [1.82, 2.24) is 0 Å². The van der Waals surface area contributed by atoms with E-state index in [1.807, 2.05) is 25.1 Å². The third-order valence-electron chi connectivity index (χ3n) is 1.96. The van der Waals surface area contributed by atoms with Crippen LogP contribution in [-0.4, -0.2) is 12.7 Å². The largest absolute Gasteiger partial charge is 0.450 e. The highest BCUT2D eigenvalue weighted by Crippen LogP contribution is 2.22. The number of halogens is 1. The van der Waals surface area contributed by atoms with Gasteiger partial charge in [0.15, 0.2) is 0 Å². The lowest BCUT2D eigenvalue weighted by molar-refractivity contribution is 0.168. The van der Waals surface area contributed by atoms with Gasteiger partial charge in [-0.15, -0.1) is 0 Å². The lowest BCUT2D eigenvalue weighted by atomic mass is 10.1. The van der Waals surface area contributed by atoms with Crippen molar-refractivity contribution in [1.29, 1.82) is 0 Å². The summed E-state index contributed by atoms with van der Waals surface area (Å²) >= 11 is 3.36. The fraction of sp³-hybridized carbons (Fsp3) is 0.364. The minimum absolute atomic E-state index is 0.376. The quantitative estimate of drug-likeness (QED) is 0.913. The lowest BCUT2D eigenvalue weighted by Gasteiger charge is -2.09. The van der Waals surface area contributed by atoms with E-state index < -0.39 is 6.09 Å². The molecule has 0 saturated heterocycles. The number of carbonyl (C=O) groups excluding carboxylic acids is 1. The Morgan fingerprint density at radius 3 is 2.80 bits per heavy atom. The topological polar surface area (TPSA) is 38.3 Å². The summed E-state index contributed by atoms with van der Waals surface area (Å²) in [6.07, 6.45) is 0.458. The SMILES string of the molecule is CCOC(=O)Nc1cc(Br)ccc1CC. The molecule has 1 rings (SSSR count). The van der Waals surface area contributed by atoms with E-state index in [1.54, 1.807) is 6.92 Å². The predicted octanol–water partition coefficient (Wildman–Crippen LogP) is 3.58. The zero-order valence-electron chi connectivity index (χ0n) is 8.84. The van der Waals surface area contributed by atoms with Crippen LogP contribution in [0.25, 0.3) is 0 Å². The third-order valence-corrected chi connectivity index (χ3v) is 2.46. The minimum atomic E-state index is -0.412. The summed E-state index contributed by atoms with van der Waals surface area (Å²) in [5.41, 5.74) is 1.89. The number of benzene rings is 1. The van der Waals surface area contributed by atoms with E-state index in [2.05, 4.69) is 21.2 Å². The molecule has 3 nitrogen and oxygen atoms in total. The van der Waals surface area contributed by atoms with Crippen LogP contribution in [0.4, 0.5) is 10.5 Å². The van der Waals surface area contributed by atoms with Gasteiger partial charge >= 0.3 is 6.09 Å². The molecule has 0 aliphatic carbocycles. The molecular weight excluding hydrogens is 258 g/mol. The van der Waals surface area contributed by atoms with Crippen molar-refractivity contribution in [3.8, 4) is 0 Å². The van der Waals surface area contributed by atoms with Crippen molar-refractivity contribution < 1.29 is 9.53 Å². The van der Waals surface area contributed by atoms with Gasteiger partial charge in [0.2, 0.25) is 0 Å². The van der Waals surface area contributed by atoms with E-state index in [-0.39, 0.29) is 0 Å². The third kappa shape index (κ3) is 3.55. The van der Waals surface area contributed by atoms with Crippen molar-refractivity contribution in [3.63, 3.8) is 0 Å². The lowest BCUT2D eigenvalue weighted by Crippen LogP contribution is -2.14. The fourth-order valence-corrected chi connectivity index (χ4v) is 1.61. The van der Waals surface area contributed by atoms with Gasteiger partial charge in [0, 0.05) is 10.2 Å². The van der Waals surface area contributed by atoms with Gasteiger partial charge in [-0.2, -0.15) is 0 Å². The summed E-state index contributed by atoms with van der Waals surface area (Å²) in [4.78, 5) is 11.2. The van der Waals surface area contributed by atoms with Gasteiger partial charge in [-0.3, -0.25) is 5.32 Å². The van der Waals surface area contributed by atoms with Crippen molar-refractivity contribution in [2.24, 2.45) is 0 Å². The molecule has 0 aliphatic heterocycles. The Hall–Kier alpha value is -1.03. The summed E-state index contributed by atoms with van der Waals surface area (Å²) in [5.74, 6) is 0. The van der Waals surface area contributed by atoms with Gasteiger partial charge < -0.3 is 4.74 Å². The van der Waals surface area contributed by atoms with Crippen LogP contribution in [0.2, 0.25) is 0 Å². The molecule has 0 saturated carbocycles. The van der Waals surface area contributed by atoms with E-state index in [4.69, 9.17) is 4.74 Å². The van der Waals surface area contributed by atoms with Crippen LogP contribution in [0.3, 0.4) is 0 Å². The molecule has 15 heavy (non-hydrogen) atoms. The van der Waals surface area contributed by atoms with E-state index in [9.17, 15) is 4.79 Å². The number of aryl methyl sites for hydroxylation is 1. The zero-order chi connectivity index (χ0) is 11.3. The van der Waals surface area contributed by atoms with Crippen LogP contribution in [0.5, 0.6) is 0 Å². The average Bonchev–Trinajstić information content (AvgIpc) is 2.18. The molecular formula is C11H14BrNO2. The van der Waals surface area contributed by atoms with Crippen molar-refractivity contribution in [3.05, 3.63) is 28.2 Å². The Labute approximate surface area is 97.9 Å². The number of rotatable bonds is 3. The predicted molar refractivity (Wildman–Crippen MR) is 64.2 cm³/mol. The molecule has 1 N–H and O–H groups in total. The molecule has 0 atom stereocenters. The Kier molecular flexibility index (Phi) is 4.62. The van der Waals surface area contributed by atoms with Gasteiger partial charge in [-0.25, -0.2) is 4.79 Å². The molecule has 1 amide bonds. The molecule has 82 valence electrons. The number of anilines is 1. The van der Waals surface area contributed by atoms with Crippen LogP contribution < -0.4 is 5.32 Å². The second kappa shape index (κ2) is 5.75. The number of ether oxygens (including phenoxy) is 1. The van der Waals surface area contributed by atoms with Crippen LogP contribution in [0, 0.1) is 0 Å². The highest BCUT2D eigenvalue weighted by atomic mass is 79.9. The van der Waals surface area contributed by atoms with Crippen molar-refractivity contribution in [2.75, 3.05) is 11.9 Å². The summed E-state index contributed by atoms with van der Waals surface area (Å²) in [6.45, 7) is 4.20. The maximum Gasteiger partial charge on any atom is 0.411 e. The maximum absolute atomic E-state index is 11.2. The highest BCUT2D eigenvalue weighted by Gasteiger charge is 2.06. The van der Waals surface area contributed by atoms with Crippen LogP contribution in [0.1, 0.15) is 19.4 Å². The molecule has 1 aromatic carbocycles. The summed E-state index contributed by atoms with van der Waals surface area (Å²) in [7, 11) is 0. The molecule has 0 aromatic heterocycles. The summed E-state index contributed by atoms with van der Waals surface area (Å²) < 4.78 is 5.76. The maximum atomic E-state index is 11.2. The van der Waals surface area contributed by atoms with Crippen molar-refractivity contribution >= 4 is 27.7 Å². The molecule has 0 fully saturated rings. The summed E-state index contributed by atoms with van der Waals surface area (Å²) in [5, 5.41) is 2.71. The fourth-order valence-electron chi connectivity index (χ4n) is 1.25. The second-order valence-corrected chi connectivity index (χ2v) is 3.92. The standard InChI is InChI=1S/C11H14BrNO2/c1-3-8-5-6-9(12)7-10(8)13-11(14)15-4-2/h5-7H,3-4H2,1-2H3,(H,13,14). The molecule has 0 heterocycles. The zero-order valence-corrected chi connectivity index (χ0v) is 10.4. The Morgan fingerprint density at radius 1 is 1.47 bits per heavy atom. The molecule has 1 aromatic rings. The minimum Gasteiger partial charge on any atom is -0.450 e. The van der Waals surface area contributed by atoms with Crippen LogP contribution >= 0.6 is 15.9 Å². The average molecular weight is 272 g/mol. The normalized spacial score (nSPS) is 9.80. The first-order valence-corrected chi connectivity index (χ1v) is 5.68. The van der Waals surface area contributed by atoms with E-state index in [1.165, 1.54) is 0 Å². The first-order chi connectivity index (χ1) is 7.17. The number of hydrogen-bond acceptors (Lipinski definition) is 2. The number of nitrogens with one attached hydrogen (secondary N) is 1. The second-order valence-electron chi connectivity index (χ2n) is 3.00. The van der Waals surface area contributed by atoms with Gasteiger partial charge in [0.05, 0.1) is 6.61 Å². The first kappa shape index (κ1) is 12.0. The monoisotopic (exact) mass is 271 g/mol. The molecule has 0 spiro atoms. The van der Waals surface area contributed by atoms with Crippen LogP contribution in [0.15, 0.2) is 22.7 Å². The van der Waals surface area contributed by atoms with Crippen molar-refractivity contribution in [2.45, 2.75) is 20.3 Å². The molecule has 0 bridgehead atoms. The molecule has 4 heteroatoms. The van der Waals surface area contributed by atoms with E-state index >= 15 is 0 Å². The number of hydrogen-bond donors (Lipinski definition) is 1. The Bertz CT molecular complexity index is 352. The number of amides is 1. The highest BCUT2D eigenvalue weighted by molar-refractivity contribution is 9.10. The molecule has 0 aliphatic rings. The summed E-state index contributed by atoms with van der Waals surface area (Å²) in [6, 6.07) is 5.80. The van der Waals surface area contributed by atoms with E-state index in [0.717, 1.165) is 22.1 Å². The Morgan fingerprint density at radius 2 is 2.20 bits per heavy atom. The van der Waals surface area contributed by atoms with Gasteiger partial charge in [0.25, 0.3) is 0 Å². The number of carbonyl (C=O) groups is 1.